The molecule has 0 aromatic carbocycles. The van der Waals surface area contributed by atoms with Gasteiger partial charge in [-0.15, -0.1) is 11.3 Å². The van der Waals surface area contributed by atoms with E-state index in [1.807, 2.05) is 27.7 Å². The van der Waals surface area contributed by atoms with Crippen molar-refractivity contribution in [2.75, 3.05) is 12.9 Å². The van der Waals surface area contributed by atoms with Crippen molar-refractivity contribution < 1.29 is 18.8 Å². The Morgan fingerprint density at radius 1 is 1.33 bits per heavy atom. The summed E-state index contributed by atoms with van der Waals surface area (Å²) in [4.78, 5) is 12.6. The maximum Gasteiger partial charge on any atom is 0.491 e. The van der Waals surface area contributed by atoms with Gasteiger partial charge in [0.05, 0.1) is 17.8 Å². The van der Waals surface area contributed by atoms with Crippen molar-refractivity contribution in [1.29, 1.82) is 0 Å². The first-order valence-corrected chi connectivity index (χ1v) is 9.77. The van der Waals surface area contributed by atoms with E-state index in [1.54, 1.807) is 25.4 Å². The third-order valence-corrected chi connectivity index (χ3v) is 6.12. The molecule has 4 nitrogen and oxygen atoms in total. The molecule has 1 aromatic rings. The molecule has 0 N–H and O–H groups in total. The highest BCUT2D eigenvalue weighted by Crippen LogP contribution is 2.39. The lowest BCUT2D eigenvalue weighted by atomic mass is 9.78. The summed E-state index contributed by atoms with van der Waals surface area (Å²) in [6.45, 7) is 10.3. The predicted octanol–water partition coefficient (Wildman–Crippen LogP) is 4.19. The largest absolute Gasteiger partial charge is 0.491 e. The number of thiophene rings is 1. The summed E-state index contributed by atoms with van der Waals surface area (Å²) in [5.41, 5.74) is 1.26. The maximum absolute atomic E-state index is 11.4. The van der Waals surface area contributed by atoms with Gasteiger partial charge in [-0.2, -0.15) is 0 Å². The molecule has 1 aromatic heterocycles. The minimum Gasteiger partial charge on any atom is -0.400 e. The van der Waals surface area contributed by atoms with Crippen LogP contribution in [0.1, 0.15) is 45.1 Å². The second-order valence-corrected chi connectivity index (χ2v) is 9.02. The lowest BCUT2D eigenvalue weighted by Gasteiger charge is -2.32. The van der Waals surface area contributed by atoms with E-state index in [4.69, 9.17) is 14.0 Å². The van der Waals surface area contributed by atoms with Crippen molar-refractivity contribution in [2.24, 2.45) is 0 Å². The second-order valence-electron chi connectivity index (χ2n) is 6.87. The first-order chi connectivity index (χ1) is 11.1. The highest BCUT2D eigenvalue weighted by Gasteiger charge is 2.52. The molecule has 0 saturated carbocycles. The number of carbonyl (C=O) groups excluding carboxylic acids is 1. The van der Waals surface area contributed by atoms with E-state index in [9.17, 15) is 4.79 Å². The van der Waals surface area contributed by atoms with Crippen LogP contribution in [0.2, 0.25) is 0 Å². The molecule has 0 unspecified atom stereocenters. The Hall–Kier alpha value is -0.595. The third kappa shape index (κ3) is 4.73. The molecular formula is C17H25BO4S2. The molecule has 0 atom stereocenters. The molecule has 2 rings (SSSR count). The molecule has 1 saturated heterocycles. The molecule has 0 aliphatic carbocycles. The van der Waals surface area contributed by atoms with E-state index in [2.05, 4.69) is 17.5 Å². The predicted molar refractivity (Wildman–Crippen MR) is 102 cm³/mol. The fourth-order valence-electron chi connectivity index (χ4n) is 2.26. The van der Waals surface area contributed by atoms with Crippen LogP contribution in [0, 0.1) is 0 Å². The first kappa shape index (κ1) is 19.7. The average Bonchev–Trinajstić information content (AvgIpc) is 2.97. The number of methoxy groups -OCH3 is 1. The Bertz CT molecular complexity index is 606. The molecular weight excluding hydrogens is 343 g/mol. The zero-order chi connectivity index (χ0) is 18.0. The quantitative estimate of drug-likeness (QED) is 0.705. The second kappa shape index (κ2) is 7.75. The van der Waals surface area contributed by atoms with E-state index in [-0.39, 0.29) is 5.12 Å². The zero-order valence-electron chi connectivity index (χ0n) is 15.2. The maximum atomic E-state index is 11.4. The molecule has 0 amide bonds. The summed E-state index contributed by atoms with van der Waals surface area (Å²) in [6, 6.07) is 2.10. The van der Waals surface area contributed by atoms with Crippen LogP contribution in [0.4, 0.5) is 0 Å². The lowest BCUT2D eigenvalue weighted by molar-refractivity contribution is -0.109. The smallest absolute Gasteiger partial charge is 0.400 e. The molecule has 2 heterocycles. The van der Waals surface area contributed by atoms with Crippen molar-refractivity contribution in [3.8, 4) is 0 Å². The standard InChI is InChI=1S/C17H25BO4S2/c1-12(19)23-11-14(7-13-8-15(9-20-6)24-10-13)18-21-16(2,3)17(4,5)22-18/h7-8,10H,9,11H2,1-6H3. The van der Waals surface area contributed by atoms with Crippen molar-refractivity contribution in [3.63, 3.8) is 0 Å². The van der Waals surface area contributed by atoms with Gasteiger partial charge in [0, 0.05) is 24.7 Å². The molecule has 0 bridgehead atoms. The van der Waals surface area contributed by atoms with E-state index in [0.29, 0.717) is 12.4 Å². The van der Waals surface area contributed by atoms with E-state index in [1.165, 1.54) is 11.8 Å². The summed E-state index contributed by atoms with van der Waals surface area (Å²) in [5, 5.41) is 2.17. The minimum absolute atomic E-state index is 0.0859. The SMILES string of the molecule is COCc1cc(C=C(CSC(C)=O)B2OC(C)(C)C(C)(C)O2)cs1. The summed E-state index contributed by atoms with van der Waals surface area (Å²) in [7, 11) is 1.25. The van der Waals surface area contributed by atoms with Crippen LogP contribution in [0.15, 0.2) is 16.9 Å². The van der Waals surface area contributed by atoms with Crippen LogP contribution in [0.5, 0.6) is 0 Å². The molecule has 24 heavy (non-hydrogen) atoms. The number of thioether (sulfide) groups is 1. The Morgan fingerprint density at radius 3 is 2.50 bits per heavy atom. The van der Waals surface area contributed by atoms with Gasteiger partial charge in [-0.25, -0.2) is 0 Å². The molecule has 0 radical (unpaired) electrons. The Morgan fingerprint density at radius 2 is 1.96 bits per heavy atom. The zero-order valence-corrected chi connectivity index (χ0v) is 16.8. The lowest BCUT2D eigenvalue weighted by Crippen LogP contribution is -2.41. The van der Waals surface area contributed by atoms with E-state index < -0.39 is 18.3 Å². The van der Waals surface area contributed by atoms with Crippen molar-refractivity contribution in [3.05, 3.63) is 27.4 Å². The Labute approximate surface area is 153 Å². The van der Waals surface area contributed by atoms with E-state index >= 15 is 0 Å². The van der Waals surface area contributed by atoms with Gasteiger partial charge < -0.3 is 14.0 Å². The monoisotopic (exact) mass is 368 g/mol. The van der Waals surface area contributed by atoms with Crippen LogP contribution >= 0.6 is 23.1 Å². The minimum atomic E-state index is -0.437. The van der Waals surface area contributed by atoms with Gasteiger partial charge in [0.25, 0.3) is 0 Å². The van der Waals surface area contributed by atoms with Gasteiger partial charge in [0.15, 0.2) is 5.12 Å². The average molecular weight is 368 g/mol. The molecule has 1 aliphatic heterocycles. The molecule has 1 fully saturated rings. The van der Waals surface area contributed by atoms with Crippen molar-refractivity contribution >= 4 is 41.4 Å². The summed E-state index contributed by atoms with van der Waals surface area (Å²) < 4.78 is 17.5. The third-order valence-electron chi connectivity index (χ3n) is 4.31. The number of hydrogen-bond acceptors (Lipinski definition) is 6. The Balaban J connectivity index is 2.24. The van der Waals surface area contributed by atoms with Crippen LogP contribution in [0.25, 0.3) is 6.08 Å². The molecule has 1 aliphatic rings. The highest BCUT2D eigenvalue weighted by molar-refractivity contribution is 8.13. The van der Waals surface area contributed by atoms with Gasteiger partial charge >= 0.3 is 7.12 Å². The molecule has 7 heteroatoms. The summed E-state index contributed by atoms with van der Waals surface area (Å²) in [5.74, 6) is 0.557. The Kier molecular flexibility index (Phi) is 6.37. The van der Waals surface area contributed by atoms with Crippen LogP contribution in [0.3, 0.4) is 0 Å². The summed E-state index contributed by atoms with van der Waals surface area (Å²) in [6.07, 6.45) is 2.06. The number of rotatable bonds is 6. The van der Waals surface area contributed by atoms with Crippen molar-refractivity contribution in [2.45, 2.75) is 52.4 Å². The first-order valence-electron chi connectivity index (χ1n) is 7.90. The van der Waals surface area contributed by atoms with Gasteiger partial charge in [-0.05, 0) is 50.2 Å². The normalized spacial score (nSPS) is 19.8. The van der Waals surface area contributed by atoms with Gasteiger partial charge in [0.2, 0.25) is 0 Å². The van der Waals surface area contributed by atoms with E-state index in [0.717, 1.165) is 15.9 Å². The molecule has 0 spiro atoms. The number of hydrogen-bond donors (Lipinski definition) is 0. The molecule has 132 valence electrons. The fourth-order valence-corrected chi connectivity index (χ4v) is 3.67. The summed E-state index contributed by atoms with van der Waals surface area (Å²) >= 11 is 2.93. The van der Waals surface area contributed by atoms with Gasteiger partial charge in [-0.1, -0.05) is 17.8 Å². The van der Waals surface area contributed by atoms with Gasteiger partial charge in [0.1, 0.15) is 0 Å². The highest BCUT2D eigenvalue weighted by atomic mass is 32.2. The number of carbonyl (C=O) groups is 1. The number of ether oxygens (including phenoxy) is 1. The van der Waals surface area contributed by atoms with Crippen LogP contribution in [-0.4, -0.2) is 36.3 Å². The van der Waals surface area contributed by atoms with Crippen LogP contribution in [-0.2, 0) is 25.4 Å². The van der Waals surface area contributed by atoms with Crippen LogP contribution < -0.4 is 0 Å². The fraction of sp³-hybridized carbons (Fsp3) is 0.588. The van der Waals surface area contributed by atoms with Crippen molar-refractivity contribution in [1.82, 2.24) is 0 Å². The topological polar surface area (TPSA) is 44.8 Å². The van der Waals surface area contributed by atoms with Gasteiger partial charge in [-0.3, -0.25) is 4.79 Å².